The Morgan fingerprint density at radius 1 is 0.765 bits per heavy atom. The fourth-order valence-corrected chi connectivity index (χ4v) is 5.60. The Hall–Kier alpha value is -1.11. The van der Waals surface area contributed by atoms with Gasteiger partial charge in [0.2, 0.25) is 0 Å². The first-order valence-electron chi connectivity index (χ1n) is 13.2. The van der Waals surface area contributed by atoms with E-state index in [0.29, 0.717) is 18.4 Å². The van der Waals surface area contributed by atoms with Crippen LogP contribution in [0, 0.1) is 5.41 Å². The fraction of sp³-hybridized carbons (Fsp3) is 0.786. The van der Waals surface area contributed by atoms with Gasteiger partial charge in [-0.3, -0.25) is 4.55 Å². The lowest BCUT2D eigenvalue weighted by Gasteiger charge is -2.35. The minimum Gasteiger partial charge on any atom is -0.491 e. The van der Waals surface area contributed by atoms with Gasteiger partial charge in [0.1, 0.15) is 12.4 Å². The summed E-state index contributed by atoms with van der Waals surface area (Å²) in [4.78, 5) is 0. The van der Waals surface area contributed by atoms with E-state index in [2.05, 4.69) is 39.8 Å². The van der Waals surface area contributed by atoms with Gasteiger partial charge < -0.3 is 9.84 Å². The summed E-state index contributed by atoms with van der Waals surface area (Å²) in [6.45, 7) is 9.80. The summed E-state index contributed by atoms with van der Waals surface area (Å²) in [5.41, 5.74) is 1.73. The molecule has 0 aromatic heterocycles. The predicted octanol–water partition coefficient (Wildman–Crippen LogP) is 7.32. The van der Waals surface area contributed by atoms with Crippen LogP contribution in [0.15, 0.2) is 24.3 Å². The fourth-order valence-electron chi connectivity index (χ4n) is 5.03. The molecule has 2 N–H and O–H groups in total. The zero-order valence-corrected chi connectivity index (χ0v) is 23.0. The summed E-state index contributed by atoms with van der Waals surface area (Å²) < 4.78 is 35.5. The Bertz CT molecular complexity index is 754. The van der Waals surface area contributed by atoms with Crippen molar-refractivity contribution in [1.82, 2.24) is 0 Å². The van der Waals surface area contributed by atoms with Gasteiger partial charge in [0.25, 0.3) is 10.1 Å². The molecule has 0 saturated carbocycles. The van der Waals surface area contributed by atoms with Crippen LogP contribution in [-0.4, -0.2) is 37.0 Å². The lowest BCUT2D eigenvalue weighted by Crippen LogP contribution is -2.26. The maximum absolute atomic E-state index is 10.7. The zero-order valence-electron chi connectivity index (χ0n) is 22.2. The summed E-state index contributed by atoms with van der Waals surface area (Å²) in [7, 11) is -3.78. The number of rotatable bonds is 20. The molecule has 0 unspecified atom stereocenters. The molecule has 1 aromatic rings. The van der Waals surface area contributed by atoms with Crippen LogP contribution in [0.4, 0.5) is 0 Å². The topological polar surface area (TPSA) is 83.8 Å². The molecular weight excluding hydrogens is 448 g/mol. The average Bonchev–Trinajstić information content (AvgIpc) is 2.74. The quantitative estimate of drug-likeness (QED) is 0.145. The van der Waals surface area contributed by atoms with Crippen molar-refractivity contribution in [3.05, 3.63) is 29.8 Å². The molecule has 34 heavy (non-hydrogen) atoms. The summed E-state index contributed by atoms with van der Waals surface area (Å²) in [5.74, 6) is 0.708. The van der Waals surface area contributed by atoms with E-state index in [1.165, 1.54) is 56.9 Å². The van der Waals surface area contributed by atoms with E-state index in [1.54, 1.807) is 0 Å². The molecule has 1 rings (SSSR count). The number of benzene rings is 1. The van der Waals surface area contributed by atoms with Crippen LogP contribution in [0.25, 0.3) is 0 Å². The van der Waals surface area contributed by atoms with Crippen LogP contribution < -0.4 is 4.74 Å². The van der Waals surface area contributed by atoms with E-state index in [-0.39, 0.29) is 17.8 Å². The minimum atomic E-state index is -3.78. The molecule has 0 atom stereocenters. The first kappa shape index (κ1) is 30.9. The lowest BCUT2D eigenvalue weighted by molar-refractivity contribution is 0.201. The van der Waals surface area contributed by atoms with Gasteiger partial charge in [-0.25, -0.2) is 0 Å². The van der Waals surface area contributed by atoms with Gasteiger partial charge in [0, 0.05) is 0 Å². The van der Waals surface area contributed by atoms with Crippen molar-refractivity contribution in [2.45, 2.75) is 117 Å². The number of ether oxygens (including phenoxy) is 1. The Balaban J connectivity index is 2.14. The van der Waals surface area contributed by atoms with Gasteiger partial charge in [-0.05, 0) is 47.8 Å². The van der Waals surface area contributed by atoms with Gasteiger partial charge in [-0.1, -0.05) is 104 Å². The van der Waals surface area contributed by atoms with E-state index in [4.69, 9.17) is 14.4 Å². The highest BCUT2D eigenvalue weighted by Gasteiger charge is 2.29. The number of aliphatic hydroxyl groups is 1. The van der Waals surface area contributed by atoms with E-state index in [0.717, 1.165) is 31.4 Å². The third kappa shape index (κ3) is 15.0. The maximum Gasteiger partial charge on any atom is 0.264 e. The second kappa shape index (κ2) is 15.8. The summed E-state index contributed by atoms with van der Waals surface area (Å²) in [6.07, 6.45) is 15.0. The SMILES string of the molecule is CC(C)(CCCCCCCCCCCCCS(=O)(=O)O)CC(C)(C)c1ccc(OCCO)cc1. The van der Waals surface area contributed by atoms with Crippen molar-refractivity contribution in [1.29, 1.82) is 0 Å². The molecule has 0 aliphatic carbocycles. The summed E-state index contributed by atoms with van der Waals surface area (Å²) >= 11 is 0. The largest absolute Gasteiger partial charge is 0.491 e. The highest BCUT2D eigenvalue weighted by Crippen LogP contribution is 2.40. The van der Waals surface area contributed by atoms with Gasteiger partial charge >= 0.3 is 0 Å². The molecule has 198 valence electrons. The van der Waals surface area contributed by atoms with Crippen LogP contribution in [-0.2, 0) is 15.5 Å². The van der Waals surface area contributed by atoms with Gasteiger partial charge in [0.15, 0.2) is 0 Å². The molecule has 0 amide bonds. The number of hydrogen-bond donors (Lipinski definition) is 2. The van der Waals surface area contributed by atoms with E-state index < -0.39 is 10.1 Å². The van der Waals surface area contributed by atoms with E-state index in [1.807, 2.05) is 12.1 Å². The summed E-state index contributed by atoms with van der Waals surface area (Å²) in [5, 5.41) is 8.90. The Morgan fingerprint density at radius 3 is 1.71 bits per heavy atom. The summed E-state index contributed by atoms with van der Waals surface area (Å²) in [6, 6.07) is 8.32. The van der Waals surface area contributed by atoms with Crippen molar-refractivity contribution in [2.75, 3.05) is 19.0 Å². The first-order chi connectivity index (χ1) is 16.0. The molecule has 0 saturated heterocycles. The molecule has 0 radical (unpaired) electrons. The highest BCUT2D eigenvalue weighted by molar-refractivity contribution is 7.85. The van der Waals surface area contributed by atoms with Gasteiger partial charge in [-0.2, -0.15) is 8.42 Å². The molecule has 6 heteroatoms. The predicted molar refractivity (Wildman–Crippen MR) is 142 cm³/mol. The van der Waals surface area contributed by atoms with Crippen LogP contribution in [0.3, 0.4) is 0 Å². The van der Waals surface area contributed by atoms with Crippen molar-refractivity contribution in [3.63, 3.8) is 0 Å². The third-order valence-electron chi connectivity index (χ3n) is 6.67. The molecule has 0 heterocycles. The normalized spacial score (nSPS) is 12.8. The lowest BCUT2D eigenvalue weighted by atomic mass is 9.69. The second-order valence-corrected chi connectivity index (χ2v) is 12.8. The number of hydrogen-bond acceptors (Lipinski definition) is 4. The second-order valence-electron chi connectivity index (χ2n) is 11.2. The Labute approximate surface area is 209 Å². The van der Waals surface area contributed by atoms with Crippen molar-refractivity contribution in [3.8, 4) is 5.75 Å². The molecule has 5 nitrogen and oxygen atoms in total. The van der Waals surface area contributed by atoms with Crippen molar-refractivity contribution >= 4 is 10.1 Å². The van der Waals surface area contributed by atoms with Crippen LogP contribution in [0.5, 0.6) is 5.75 Å². The monoisotopic (exact) mass is 498 g/mol. The molecule has 0 aliphatic rings. The van der Waals surface area contributed by atoms with Crippen molar-refractivity contribution in [2.24, 2.45) is 5.41 Å². The van der Waals surface area contributed by atoms with E-state index in [9.17, 15) is 8.42 Å². The smallest absolute Gasteiger partial charge is 0.264 e. The Morgan fingerprint density at radius 2 is 1.24 bits per heavy atom. The molecule has 1 aromatic carbocycles. The molecule has 0 bridgehead atoms. The molecule has 0 spiro atoms. The number of unbranched alkanes of at least 4 members (excludes halogenated alkanes) is 10. The van der Waals surface area contributed by atoms with Crippen LogP contribution in [0.1, 0.15) is 117 Å². The average molecular weight is 499 g/mol. The standard InChI is InChI=1S/C28H50O5S/c1-27(2,24-28(3,4)25-16-18-26(19-17-25)33-22-21-29)20-14-12-10-8-6-5-7-9-11-13-15-23-34(30,31)32/h16-19,29H,5-15,20-24H2,1-4H3,(H,30,31,32). The third-order valence-corrected chi connectivity index (χ3v) is 7.48. The molecule has 0 fully saturated rings. The molecule has 0 aliphatic heterocycles. The van der Waals surface area contributed by atoms with Gasteiger partial charge in [-0.15, -0.1) is 0 Å². The minimum absolute atomic E-state index is 0.0332. The van der Waals surface area contributed by atoms with Crippen molar-refractivity contribution < 1.29 is 22.8 Å². The number of aliphatic hydroxyl groups excluding tert-OH is 1. The maximum atomic E-state index is 10.7. The van der Waals surface area contributed by atoms with Gasteiger partial charge in [0.05, 0.1) is 12.4 Å². The van der Waals surface area contributed by atoms with E-state index >= 15 is 0 Å². The molecular formula is C28H50O5S. The first-order valence-corrected chi connectivity index (χ1v) is 14.9. The zero-order chi connectivity index (χ0) is 25.5. The highest BCUT2D eigenvalue weighted by atomic mass is 32.2. The van der Waals surface area contributed by atoms with Crippen LogP contribution in [0.2, 0.25) is 0 Å². The Kier molecular flexibility index (Phi) is 14.4. The van der Waals surface area contributed by atoms with Crippen LogP contribution >= 0.6 is 0 Å².